The summed E-state index contributed by atoms with van der Waals surface area (Å²) in [6.45, 7) is 0. The minimum absolute atomic E-state index is 0.264. The summed E-state index contributed by atoms with van der Waals surface area (Å²) in [4.78, 5) is 15.0. The van der Waals surface area contributed by atoms with E-state index in [1.165, 1.54) is 0 Å². The molecule has 0 N–H and O–H groups in total. The number of carbonyl (C=O) groups excluding carboxylic acids is 1. The smallest absolute Gasteiger partial charge is 0.159 e. The van der Waals surface area contributed by atoms with Crippen LogP contribution in [-0.2, 0) is 4.79 Å². The molecule has 2 rings (SSSR count). The average Bonchev–Trinajstić information content (AvgIpc) is 2.14. The van der Waals surface area contributed by atoms with E-state index >= 15 is 0 Å². The molecule has 0 aliphatic heterocycles. The lowest BCUT2D eigenvalue weighted by molar-refractivity contribution is -0.118. The average molecular weight is 159 g/mol. The van der Waals surface area contributed by atoms with E-state index in [1.54, 1.807) is 6.20 Å². The van der Waals surface area contributed by atoms with Crippen molar-refractivity contribution in [3.63, 3.8) is 0 Å². The molecule has 1 aromatic rings. The van der Waals surface area contributed by atoms with Crippen molar-refractivity contribution in [3.05, 3.63) is 35.7 Å². The topological polar surface area (TPSA) is 30.0 Å². The van der Waals surface area contributed by atoms with Gasteiger partial charge in [-0.05, 0) is 30.2 Å². The summed E-state index contributed by atoms with van der Waals surface area (Å²) in [5.41, 5.74) is 1.79. The first-order valence-electron chi connectivity index (χ1n) is 4.01. The first-order valence-corrected chi connectivity index (χ1v) is 4.01. The summed E-state index contributed by atoms with van der Waals surface area (Å²) in [6.07, 6.45) is 5.22. The molecule has 0 amide bonds. The molecule has 0 bridgehead atoms. The Balaban J connectivity index is 2.23. The maximum absolute atomic E-state index is 10.9. The van der Waals surface area contributed by atoms with Crippen molar-refractivity contribution < 1.29 is 4.79 Å². The fourth-order valence-electron chi connectivity index (χ4n) is 1.16. The molecule has 0 saturated heterocycles. The molecule has 60 valence electrons. The summed E-state index contributed by atoms with van der Waals surface area (Å²) in [5.74, 6) is 0.264. The Labute approximate surface area is 70.9 Å². The van der Waals surface area contributed by atoms with Gasteiger partial charge in [-0.15, -0.1) is 0 Å². The van der Waals surface area contributed by atoms with Crippen LogP contribution in [0.2, 0.25) is 0 Å². The number of allylic oxidation sites excluding steroid dienone is 1. The van der Waals surface area contributed by atoms with Crippen LogP contribution in [0.25, 0.3) is 6.08 Å². The monoisotopic (exact) mass is 159 g/mol. The second kappa shape index (κ2) is 2.89. The molecule has 2 nitrogen and oxygen atoms in total. The van der Waals surface area contributed by atoms with Crippen molar-refractivity contribution >= 4 is 11.9 Å². The molecular formula is C10H9NO. The van der Waals surface area contributed by atoms with E-state index in [-0.39, 0.29) is 5.78 Å². The minimum Gasteiger partial charge on any atom is -0.295 e. The van der Waals surface area contributed by atoms with Gasteiger partial charge in [0.05, 0.1) is 5.69 Å². The molecule has 0 radical (unpaired) electrons. The zero-order valence-electron chi connectivity index (χ0n) is 6.66. The van der Waals surface area contributed by atoms with E-state index < -0.39 is 0 Å². The highest BCUT2D eigenvalue weighted by Crippen LogP contribution is 2.22. The molecule has 2 heteroatoms. The molecule has 1 saturated carbocycles. The van der Waals surface area contributed by atoms with Crippen molar-refractivity contribution in [3.8, 4) is 0 Å². The molecule has 0 atom stereocenters. The van der Waals surface area contributed by atoms with Gasteiger partial charge in [0.25, 0.3) is 0 Å². The normalized spacial score (nSPS) is 19.3. The number of hydrogen-bond donors (Lipinski definition) is 0. The lowest BCUT2D eigenvalue weighted by Gasteiger charge is -2.13. The van der Waals surface area contributed by atoms with Crippen LogP contribution < -0.4 is 0 Å². The van der Waals surface area contributed by atoms with E-state index in [1.807, 2.05) is 24.3 Å². The zero-order valence-corrected chi connectivity index (χ0v) is 6.66. The van der Waals surface area contributed by atoms with E-state index in [0.29, 0.717) is 6.42 Å². The number of aromatic nitrogens is 1. The van der Waals surface area contributed by atoms with Crippen LogP contribution >= 0.6 is 0 Å². The summed E-state index contributed by atoms with van der Waals surface area (Å²) < 4.78 is 0. The number of rotatable bonds is 1. The second-order valence-electron chi connectivity index (χ2n) is 2.85. The van der Waals surface area contributed by atoms with Gasteiger partial charge in [-0.3, -0.25) is 9.78 Å². The fraction of sp³-hybridized carbons (Fsp3) is 0.200. The van der Waals surface area contributed by atoms with Crippen LogP contribution in [-0.4, -0.2) is 10.8 Å². The van der Waals surface area contributed by atoms with Gasteiger partial charge >= 0.3 is 0 Å². The lowest BCUT2D eigenvalue weighted by Crippen LogP contribution is -2.13. The Morgan fingerprint density at radius 2 is 2.25 bits per heavy atom. The fourth-order valence-corrected chi connectivity index (χ4v) is 1.16. The second-order valence-corrected chi connectivity index (χ2v) is 2.85. The highest BCUT2D eigenvalue weighted by Gasteiger charge is 2.19. The van der Waals surface area contributed by atoms with Gasteiger partial charge in [0, 0.05) is 12.6 Å². The maximum atomic E-state index is 10.9. The summed E-state index contributed by atoms with van der Waals surface area (Å²) in [7, 11) is 0. The summed E-state index contributed by atoms with van der Waals surface area (Å²) in [6, 6.07) is 5.69. The minimum atomic E-state index is 0.264. The molecule has 0 spiro atoms. The highest BCUT2D eigenvalue weighted by atomic mass is 16.1. The van der Waals surface area contributed by atoms with E-state index in [4.69, 9.17) is 0 Å². The number of Topliss-reactive ketones (excluding diaryl/α,β-unsaturated/α-hetero) is 1. The first kappa shape index (κ1) is 7.22. The SMILES string of the molecule is O=C1CC/C1=C/c1ccccn1. The molecule has 1 aliphatic rings. The van der Waals surface area contributed by atoms with Crippen LogP contribution in [0.3, 0.4) is 0 Å². The van der Waals surface area contributed by atoms with Gasteiger partial charge in [0.2, 0.25) is 0 Å². The van der Waals surface area contributed by atoms with Crippen LogP contribution in [0.4, 0.5) is 0 Å². The van der Waals surface area contributed by atoms with Crippen LogP contribution in [0.1, 0.15) is 18.5 Å². The zero-order chi connectivity index (χ0) is 8.39. The highest BCUT2D eigenvalue weighted by molar-refractivity contribution is 6.05. The van der Waals surface area contributed by atoms with Crippen LogP contribution in [0.15, 0.2) is 30.0 Å². The number of nitrogens with zero attached hydrogens (tertiary/aromatic N) is 1. The number of ketones is 1. The maximum Gasteiger partial charge on any atom is 0.159 e. The van der Waals surface area contributed by atoms with Crippen molar-refractivity contribution in [1.29, 1.82) is 0 Å². The van der Waals surface area contributed by atoms with Crippen molar-refractivity contribution in [1.82, 2.24) is 4.98 Å². The predicted molar refractivity (Wildman–Crippen MR) is 46.5 cm³/mol. The first-order chi connectivity index (χ1) is 5.86. The van der Waals surface area contributed by atoms with Crippen LogP contribution in [0, 0.1) is 0 Å². The Morgan fingerprint density at radius 1 is 1.33 bits per heavy atom. The Hall–Kier alpha value is -1.44. The molecule has 12 heavy (non-hydrogen) atoms. The van der Waals surface area contributed by atoms with E-state index in [2.05, 4.69) is 4.98 Å². The lowest BCUT2D eigenvalue weighted by atomic mass is 9.90. The third kappa shape index (κ3) is 1.28. The molecule has 1 aromatic heterocycles. The van der Waals surface area contributed by atoms with Gasteiger partial charge in [-0.25, -0.2) is 0 Å². The van der Waals surface area contributed by atoms with Crippen molar-refractivity contribution in [2.24, 2.45) is 0 Å². The molecule has 0 unspecified atom stereocenters. The Morgan fingerprint density at radius 3 is 2.75 bits per heavy atom. The standard InChI is InChI=1S/C10H9NO/c12-10-5-4-8(10)7-9-3-1-2-6-11-9/h1-3,6-7H,4-5H2/b8-7-. The number of carbonyl (C=O) groups is 1. The number of hydrogen-bond acceptors (Lipinski definition) is 2. The number of pyridine rings is 1. The summed E-state index contributed by atoms with van der Waals surface area (Å²) in [5, 5.41) is 0. The largest absolute Gasteiger partial charge is 0.295 e. The van der Waals surface area contributed by atoms with Crippen LogP contribution in [0.5, 0.6) is 0 Å². The van der Waals surface area contributed by atoms with Gasteiger partial charge in [0.1, 0.15) is 0 Å². The summed E-state index contributed by atoms with van der Waals surface area (Å²) >= 11 is 0. The third-order valence-electron chi connectivity index (χ3n) is 1.99. The van der Waals surface area contributed by atoms with E-state index in [9.17, 15) is 4.79 Å². The van der Waals surface area contributed by atoms with Crippen molar-refractivity contribution in [2.75, 3.05) is 0 Å². The molecular weight excluding hydrogens is 150 g/mol. The van der Waals surface area contributed by atoms with Gasteiger partial charge in [-0.1, -0.05) is 6.07 Å². The van der Waals surface area contributed by atoms with E-state index in [0.717, 1.165) is 17.7 Å². The molecule has 0 aromatic carbocycles. The van der Waals surface area contributed by atoms with Gasteiger partial charge < -0.3 is 0 Å². The van der Waals surface area contributed by atoms with Crippen molar-refractivity contribution in [2.45, 2.75) is 12.8 Å². The van der Waals surface area contributed by atoms with Gasteiger partial charge in [0.15, 0.2) is 5.78 Å². The predicted octanol–water partition coefficient (Wildman–Crippen LogP) is 1.83. The quantitative estimate of drug-likeness (QED) is 0.585. The molecule has 1 fully saturated rings. The Bertz CT molecular complexity index is 327. The Kier molecular flexibility index (Phi) is 1.74. The van der Waals surface area contributed by atoms with Gasteiger partial charge in [-0.2, -0.15) is 0 Å². The molecule has 1 aliphatic carbocycles. The molecule has 1 heterocycles. The third-order valence-corrected chi connectivity index (χ3v) is 1.99.